The third kappa shape index (κ3) is 3.70. The van der Waals surface area contributed by atoms with Gasteiger partial charge in [-0.05, 0) is 24.0 Å². The molecule has 0 atom stereocenters. The third-order valence-corrected chi connectivity index (χ3v) is 3.95. The molecule has 1 saturated carbocycles. The average molecular weight is 284 g/mol. The standard InChI is InChI=1S/C17H24N4/c1-3-16-19-17(4-2)21(20-16)12-14-7-5-13(6-8-14)11-18-15-9-10-15/h5-8,15,18H,3-4,9-12H2,1-2H3. The number of nitrogens with one attached hydrogen (secondary N) is 1. The van der Waals surface area contributed by atoms with Crippen LogP contribution in [0.2, 0.25) is 0 Å². The Bertz CT molecular complexity index is 581. The van der Waals surface area contributed by atoms with E-state index < -0.39 is 0 Å². The van der Waals surface area contributed by atoms with Crippen LogP contribution < -0.4 is 5.32 Å². The molecular formula is C17H24N4. The van der Waals surface area contributed by atoms with E-state index in [-0.39, 0.29) is 0 Å². The number of hydrogen-bond acceptors (Lipinski definition) is 3. The molecule has 112 valence electrons. The summed E-state index contributed by atoms with van der Waals surface area (Å²) in [7, 11) is 0. The molecule has 3 rings (SSSR count). The second-order valence-corrected chi connectivity index (χ2v) is 5.78. The summed E-state index contributed by atoms with van der Waals surface area (Å²) in [5, 5.41) is 8.12. The largest absolute Gasteiger partial charge is 0.310 e. The summed E-state index contributed by atoms with van der Waals surface area (Å²) < 4.78 is 2.04. The van der Waals surface area contributed by atoms with Gasteiger partial charge in [-0.1, -0.05) is 38.1 Å². The van der Waals surface area contributed by atoms with Crippen molar-refractivity contribution in [3.63, 3.8) is 0 Å². The average Bonchev–Trinajstić information content (AvgIpc) is 3.26. The quantitative estimate of drug-likeness (QED) is 0.850. The molecule has 0 aliphatic heterocycles. The highest BCUT2D eigenvalue weighted by molar-refractivity contribution is 5.23. The van der Waals surface area contributed by atoms with Crippen LogP contribution in [0.3, 0.4) is 0 Å². The van der Waals surface area contributed by atoms with Gasteiger partial charge in [-0.3, -0.25) is 0 Å². The Hall–Kier alpha value is -1.68. The van der Waals surface area contributed by atoms with E-state index in [2.05, 4.69) is 53.5 Å². The fourth-order valence-electron chi connectivity index (χ4n) is 2.45. The van der Waals surface area contributed by atoms with Gasteiger partial charge >= 0.3 is 0 Å². The van der Waals surface area contributed by atoms with E-state index in [0.717, 1.165) is 43.6 Å². The fourth-order valence-corrected chi connectivity index (χ4v) is 2.45. The van der Waals surface area contributed by atoms with Gasteiger partial charge in [0.05, 0.1) is 6.54 Å². The van der Waals surface area contributed by atoms with E-state index >= 15 is 0 Å². The second kappa shape index (κ2) is 6.39. The zero-order chi connectivity index (χ0) is 14.7. The summed E-state index contributed by atoms with van der Waals surface area (Å²) in [6, 6.07) is 9.61. The van der Waals surface area contributed by atoms with Crippen LogP contribution in [0.15, 0.2) is 24.3 Å². The third-order valence-electron chi connectivity index (χ3n) is 3.95. The lowest BCUT2D eigenvalue weighted by Crippen LogP contribution is -2.15. The molecule has 1 aromatic carbocycles. The van der Waals surface area contributed by atoms with Crippen molar-refractivity contribution in [2.75, 3.05) is 0 Å². The van der Waals surface area contributed by atoms with Crippen molar-refractivity contribution in [1.29, 1.82) is 0 Å². The summed E-state index contributed by atoms with van der Waals surface area (Å²) >= 11 is 0. The van der Waals surface area contributed by atoms with Gasteiger partial charge in [0, 0.05) is 25.4 Å². The highest BCUT2D eigenvalue weighted by Gasteiger charge is 2.19. The van der Waals surface area contributed by atoms with Crippen LogP contribution >= 0.6 is 0 Å². The summed E-state index contributed by atoms with van der Waals surface area (Å²) in [5.41, 5.74) is 2.64. The molecule has 2 aromatic rings. The second-order valence-electron chi connectivity index (χ2n) is 5.78. The molecule has 21 heavy (non-hydrogen) atoms. The SMILES string of the molecule is CCc1nc(CC)n(Cc2ccc(CNC3CC3)cc2)n1. The van der Waals surface area contributed by atoms with Gasteiger partial charge in [-0.2, -0.15) is 5.10 Å². The zero-order valence-corrected chi connectivity index (χ0v) is 13.0. The van der Waals surface area contributed by atoms with Crippen molar-refractivity contribution >= 4 is 0 Å². The Kier molecular flexibility index (Phi) is 4.34. The van der Waals surface area contributed by atoms with Crippen LogP contribution in [-0.4, -0.2) is 20.8 Å². The molecule has 1 fully saturated rings. The van der Waals surface area contributed by atoms with Crippen LogP contribution in [-0.2, 0) is 25.9 Å². The molecular weight excluding hydrogens is 260 g/mol. The molecule has 1 aliphatic rings. The highest BCUT2D eigenvalue weighted by Crippen LogP contribution is 2.19. The van der Waals surface area contributed by atoms with E-state index in [4.69, 9.17) is 0 Å². The van der Waals surface area contributed by atoms with Gasteiger partial charge in [-0.15, -0.1) is 0 Å². The molecule has 1 aromatic heterocycles. The maximum absolute atomic E-state index is 4.58. The molecule has 0 spiro atoms. The summed E-state index contributed by atoms with van der Waals surface area (Å²) in [6.07, 6.45) is 4.50. The number of hydrogen-bond donors (Lipinski definition) is 1. The Labute approximate surface area is 126 Å². The molecule has 0 radical (unpaired) electrons. The van der Waals surface area contributed by atoms with Crippen LogP contribution in [0, 0.1) is 0 Å². The maximum atomic E-state index is 4.58. The molecule has 1 heterocycles. The van der Waals surface area contributed by atoms with Gasteiger partial charge in [0.25, 0.3) is 0 Å². The monoisotopic (exact) mass is 284 g/mol. The first-order valence-corrected chi connectivity index (χ1v) is 8.02. The molecule has 0 amide bonds. The van der Waals surface area contributed by atoms with Crippen LogP contribution in [0.1, 0.15) is 49.5 Å². The predicted molar refractivity (Wildman–Crippen MR) is 84.2 cm³/mol. The van der Waals surface area contributed by atoms with E-state index in [0.29, 0.717) is 0 Å². The first-order valence-electron chi connectivity index (χ1n) is 8.02. The van der Waals surface area contributed by atoms with Crippen molar-refractivity contribution in [2.45, 2.75) is 58.7 Å². The minimum atomic E-state index is 0.763. The van der Waals surface area contributed by atoms with Gasteiger partial charge < -0.3 is 5.32 Å². The first kappa shape index (κ1) is 14.3. The van der Waals surface area contributed by atoms with Gasteiger partial charge in [0.1, 0.15) is 5.82 Å². The molecule has 1 N–H and O–H groups in total. The summed E-state index contributed by atoms with van der Waals surface area (Å²) in [6.45, 7) is 6.02. The van der Waals surface area contributed by atoms with E-state index in [1.54, 1.807) is 0 Å². The van der Waals surface area contributed by atoms with Crippen molar-refractivity contribution in [3.05, 3.63) is 47.0 Å². The Morgan fingerprint density at radius 1 is 1.10 bits per heavy atom. The highest BCUT2D eigenvalue weighted by atomic mass is 15.3. The van der Waals surface area contributed by atoms with E-state index in [1.807, 2.05) is 4.68 Å². The van der Waals surface area contributed by atoms with Gasteiger partial charge in [0.2, 0.25) is 0 Å². The molecule has 4 nitrogen and oxygen atoms in total. The lowest BCUT2D eigenvalue weighted by molar-refractivity contribution is 0.636. The first-order chi connectivity index (χ1) is 10.3. The number of aryl methyl sites for hydroxylation is 2. The Morgan fingerprint density at radius 3 is 2.43 bits per heavy atom. The summed E-state index contributed by atoms with van der Waals surface area (Å²) in [4.78, 5) is 4.56. The minimum Gasteiger partial charge on any atom is -0.310 e. The molecule has 0 saturated heterocycles. The zero-order valence-electron chi connectivity index (χ0n) is 13.0. The number of rotatable bonds is 7. The van der Waals surface area contributed by atoms with Crippen LogP contribution in [0.4, 0.5) is 0 Å². The maximum Gasteiger partial charge on any atom is 0.150 e. The number of aromatic nitrogens is 3. The molecule has 0 unspecified atom stereocenters. The molecule has 0 bridgehead atoms. The predicted octanol–water partition coefficient (Wildman–Crippen LogP) is 2.70. The van der Waals surface area contributed by atoms with Crippen molar-refractivity contribution in [2.24, 2.45) is 0 Å². The van der Waals surface area contributed by atoms with Crippen molar-refractivity contribution < 1.29 is 0 Å². The lowest BCUT2D eigenvalue weighted by Gasteiger charge is -2.07. The van der Waals surface area contributed by atoms with Gasteiger partial charge in [-0.25, -0.2) is 9.67 Å². The van der Waals surface area contributed by atoms with Crippen molar-refractivity contribution in [1.82, 2.24) is 20.1 Å². The Balaban J connectivity index is 1.64. The fraction of sp³-hybridized carbons (Fsp3) is 0.529. The van der Waals surface area contributed by atoms with Gasteiger partial charge in [0.15, 0.2) is 5.82 Å². The van der Waals surface area contributed by atoms with Crippen LogP contribution in [0.25, 0.3) is 0 Å². The van der Waals surface area contributed by atoms with E-state index in [9.17, 15) is 0 Å². The lowest BCUT2D eigenvalue weighted by atomic mass is 10.1. The smallest absolute Gasteiger partial charge is 0.150 e. The topological polar surface area (TPSA) is 42.7 Å². The van der Waals surface area contributed by atoms with E-state index in [1.165, 1.54) is 24.0 Å². The van der Waals surface area contributed by atoms with Crippen molar-refractivity contribution in [3.8, 4) is 0 Å². The Morgan fingerprint density at radius 2 is 1.81 bits per heavy atom. The molecule has 1 aliphatic carbocycles. The normalized spacial score (nSPS) is 14.6. The number of benzene rings is 1. The molecule has 4 heteroatoms. The number of nitrogens with zero attached hydrogens (tertiary/aromatic N) is 3. The van der Waals surface area contributed by atoms with Crippen LogP contribution in [0.5, 0.6) is 0 Å². The summed E-state index contributed by atoms with van der Waals surface area (Å²) in [5.74, 6) is 2.02. The minimum absolute atomic E-state index is 0.763.